The number of H-pyrrole nitrogens is 1. The average Bonchev–Trinajstić information content (AvgIpc) is 2.59. The number of aromatic nitrogens is 2. The monoisotopic (exact) mass is 337 g/mol. The second kappa shape index (κ2) is 6.57. The average molecular weight is 338 g/mol. The number of allylic oxidation sites excluding steroid dienone is 1. The molecule has 0 aliphatic heterocycles. The Morgan fingerprint density at radius 1 is 1.29 bits per heavy atom. The van der Waals surface area contributed by atoms with Gasteiger partial charge >= 0.3 is 0 Å². The molecule has 3 rings (SSSR count). The van der Waals surface area contributed by atoms with Gasteiger partial charge < -0.3 is 9.72 Å². The van der Waals surface area contributed by atoms with E-state index in [1.54, 1.807) is 43.5 Å². The first kappa shape index (κ1) is 15.8. The van der Waals surface area contributed by atoms with Crippen molar-refractivity contribution in [1.82, 2.24) is 9.97 Å². The summed E-state index contributed by atoms with van der Waals surface area (Å²) in [6.45, 7) is 0. The number of nitrogens with zero attached hydrogens (tertiary/aromatic N) is 2. The van der Waals surface area contributed by atoms with Crippen LogP contribution in [0, 0.1) is 11.3 Å². The Labute approximate surface area is 142 Å². The van der Waals surface area contributed by atoms with E-state index >= 15 is 0 Å². The van der Waals surface area contributed by atoms with E-state index in [0.717, 1.165) is 11.3 Å². The lowest BCUT2D eigenvalue weighted by Gasteiger charge is -2.03. The van der Waals surface area contributed by atoms with Gasteiger partial charge in [-0.25, -0.2) is 4.98 Å². The number of nitrogens with one attached hydrogen (secondary N) is 1. The Morgan fingerprint density at radius 3 is 2.71 bits per heavy atom. The van der Waals surface area contributed by atoms with Gasteiger partial charge in [0.1, 0.15) is 11.8 Å². The minimum atomic E-state index is -0.317. The van der Waals surface area contributed by atoms with E-state index in [4.69, 9.17) is 16.3 Å². The minimum Gasteiger partial charge on any atom is -0.497 e. The van der Waals surface area contributed by atoms with Crippen LogP contribution in [0.15, 0.2) is 47.3 Å². The van der Waals surface area contributed by atoms with Gasteiger partial charge in [-0.3, -0.25) is 4.79 Å². The summed E-state index contributed by atoms with van der Waals surface area (Å²) in [4.78, 5) is 19.2. The van der Waals surface area contributed by atoms with Crippen molar-refractivity contribution in [1.29, 1.82) is 5.26 Å². The summed E-state index contributed by atoms with van der Waals surface area (Å²) >= 11 is 5.95. The fourth-order valence-electron chi connectivity index (χ4n) is 2.26. The van der Waals surface area contributed by atoms with E-state index in [0.29, 0.717) is 15.9 Å². The van der Waals surface area contributed by atoms with E-state index in [1.807, 2.05) is 12.1 Å². The first-order chi connectivity index (χ1) is 11.6. The highest BCUT2D eigenvalue weighted by Crippen LogP contribution is 2.19. The number of methoxy groups -OCH3 is 1. The number of halogens is 1. The zero-order valence-electron chi connectivity index (χ0n) is 12.7. The molecule has 1 heterocycles. The third kappa shape index (κ3) is 3.14. The first-order valence-corrected chi connectivity index (χ1v) is 7.44. The molecule has 0 atom stereocenters. The van der Waals surface area contributed by atoms with E-state index in [1.165, 1.54) is 0 Å². The lowest BCUT2D eigenvalue weighted by Crippen LogP contribution is -2.11. The fraction of sp³-hybridized carbons (Fsp3) is 0.0556. The molecule has 118 valence electrons. The quantitative estimate of drug-likeness (QED) is 0.740. The van der Waals surface area contributed by atoms with Crippen LogP contribution in [0.5, 0.6) is 5.75 Å². The molecular weight excluding hydrogens is 326 g/mol. The molecule has 0 aliphatic carbocycles. The summed E-state index contributed by atoms with van der Waals surface area (Å²) in [5.74, 6) is 0.922. The molecule has 6 heteroatoms. The highest BCUT2D eigenvalue weighted by atomic mass is 35.5. The molecule has 0 fully saturated rings. The molecule has 0 unspecified atom stereocenters. The molecule has 0 aliphatic rings. The molecule has 1 aromatic heterocycles. The number of hydrogen-bond acceptors (Lipinski definition) is 4. The van der Waals surface area contributed by atoms with Crippen molar-refractivity contribution < 1.29 is 4.74 Å². The molecule has 0 saturated heterocycles. The van der Waals surface area contributed by atoms with E-state index < -0.39 is 0 Å². The Bertz CT molecular complexity index is 1030. The van der Waals surface area contributed by atoms with Crippen molar-refractivity contribution in [2.24, 2.45) is 0 Å². The van der Waals surface area contributed by atoms with Gasteiger partial charge in [-0.15, -0.1) is 0 Å². The van der Waals surface area contributed by atoms with E-state index in [2.05, 4.69) is 16.0 Å². The molecule has 0 bridgehead atoms. The third-order valence-electron chi connectivity index (χ3n) is 3.47. The molecule has 0 radical (unpaired) electrons. The van der Waals surface area contributed by atoms with Gasteiger partial charge in [0, 0.05) is 5.02 Å². The van der Waals surface area contributed by atoms with Crippen LogP contribution in [-0.2, 0) is 0 Å². The van der Waals surface area contributed by atoms with Crippen molar-refractivity contribution in [2.75, 3.05) is 7.11 Å². The number of rotatable bonds is 3. The maximum Gasteiger partial charge on any atom is 0.259 e. The van der Waals surface area contributed by atoms with Crippen molar-refractivity contribution in [3.8, 4) is 11.8 Å². The molecule has 3 aromatic rings. The molecule has 0 saturated carbocycles. The smallest absolute Gasteiger partial charge is 0.259 e. The van der Waals surface area contributed by atoms with Crippen molar-refractivity contribution in [3.05, 3.63) is 69.2 Å². The van der Waals surface area contributed by atoms with Crippen molar-refractivity contribution in [3.63, 3.8) is 0 Å². The summed E-state index contributed by atoms with van der Waals surface area (Å²) in [7, 11) is 1.58. The van der Waals surface area contributed by atoms with Gasteiger partial charge in [-0.2, -0.15) is 5.26 Å². The zero-order chi connectivity index (χ0) is 17.1. The Morgan fingerprint density at radius 2 is 2.04 bits per heavy atom. The highest BCUT2D eigenvalue weighted by molar-refractivity contribution is 6.31. The number of benzene rings is 2. The second-order valence-electron chi connectivity index (χ2n) is 5.02. The number of nitriles is 1. The van der Waals surface area contributed by atoms with Gasteiger partial charge in [0.15, 0.2) is 5.82 Å². The van der Waals surface area contributed by atoms with Gasteiger partial charge in [0.25, 0.3) is 5.56 Å². The second-order valence-corrected chi connectivity index (χ2v) is 5.46. The van der Waals surface area contributed by atoms with Gasteiger partial charge in [-0.1, -0.05) is 23.7 Å². The largest absolute Gasteiger partial charge is 0.497 e. The van der Waals surface area contributed by atoms with Crippen LogP contribution in [0.3, 0.4) is 0 Å². The normalized spacial score (nSPS) is 11.3. The maximum atomic E-state index is 12.2. The minimum absolute atomic E-state index is 0.202. The summed E-state index contributed by atoms with van der Waals surface area (Å²) in [6.07, 6.45) is 1.65. The molecule has 2 aromatic carbocycles. The Hall–Kier alpha value is -3.10. The predicted molar refractivity (Wildman–Crippen MR) is 93.9 cm³/mol. The topological polar surface area (TPSA) is 78.8 Å². The van der Waals surface area contributed by atoms with Crippen LogP contribution in [0.1, 0.15) is 11.4 Å². The third-order valence-corrected chi connectivity index (χ3v) is 3.71. The molecule has 1 N–H and O–H groups in total. The number of ether oxygens (including phenoxy) is 1. The molecule has 24 heavy (non-hydrogen) atoms. The molecule has 5 nitrogen and oxygen atoms in total. The van der Waals surface area contributed by atoms with Crippen LogP contribution < -0.4 is 10.3 Å². The van der Waals surface area contributed by atoms with Gasteiger partial charge in [0.05, 0.1) is 23.6 Å². The molecule has 0 amide bonds. The van der Waals surface area contributed by atoms with Gasteiger partial charge in [-0.05, 0) is 42.0 Å². The van der Waals surface area contributed by atoms with Crippen LogP contribution in [0.4, 0.5) is 0 Å². The number of aromatic amines is 1. The summed E-state index contributed by atoms with van der Waals surface area (Å²) in [6, 6.07) is 14.1. The standard InChI is InChI=1S/C18H12ClN3O2/c1-24-14-5-2-11(3-6-14)8-12(10-20)17-21-16-9-13(19)4-7-15(16)18(23)22-17/h2-9H,1H3,(H,21,22,23). The van der Waals surface area contributed by atoms with Crippen LogP contribution in [0.25, 0.3) is 22.6 Å². The van der Waals surface area contributed by atoms with E-state index in [9.17, 15) is 10.1 Å². The van der Waals surface area contributed by atoms with Crippen LogP contribution in [0.2, 0.25) is 5.02 Å². The summed E-state index contributed by atoms with van der Waals surface area (Å²) in [5.41, 5.74) is 1.17. The van der Waals surface area contributed by atoms with Crippen molar-refractivity contribution >= 4 is 34.2 Å². The van der Waals surface area contributed by atoms with Crippen molar-refractivity contribution in [2.45, 2.75) is 0 Å². The summed E-state index contributed by atoms with van der Waals surface area (Å²) in [5, 5.41) is 10.3. The lowest BCUT2D eigenvalue weighted by molar-refractivity contribution is 0.415. The summed E-state index contributed by atoms with van der Waals surface area (Å²) < 4.78 is 5.10. The molecule has 0 spiro atoms. The number of fused-ring (bicyclic) bond motifs is 1. The van der Waals surface area contributed by atoms with Crippen LogP contribution >= 0.6 is 11.6 Å². The fourth-order valence-corrected chi connectivity index (χ4v) is 2.43. The van der Waals surface area contributed by atoms with Crippen LogP contribution in [-0.4, -0.2) is 17.1 Å². The number of hydrogen-bond donors (Lipinski definition) is 1. The Kier molecular flexibility index (Phi) is 4.32. The van der Waals surface area contributed by atoms with Gasteiger partial charge in [0.2, 0.25) is 0 Å². The maximum absolute atomic E-state index is 12.2. The SMILES string of the molecule is COc1ccc(C=C(C#N)c2nc3cc(Cl)ccc3c(=O)[nH]2)cc1. The highest BCUT2D eigenvalue weighted by Gasteiger charge is 2.09. The lowest BCUT2D eigenvalue weighted by atomic mass is 10.1. The first-order valence-electron chi connectivity index (χ1n) is 7.06. The Balaban J connectivity index is 2.10. The zero-order valence-corrected chi connectivity index (χ0v) is 13.5. The molecular formula is C18H12ClN3O2. The predicted octanol–water partition coefficient (Wildman–Crippen LogP) is 3.65. The van der Waals surface area contributed by atoms with E-state index in [-0.39, 0.29) is 17.0 Å².